The molecule has 1 saturated heterocycles. The first kappa shape index (κ1) is 11.0. The molecule has 14 heavy (non-hydrogen) atoms. The fraction of sp³-hybridized carbons (Fsp3) is 0.778. The van der Waals surface area contributed by atoms with Crippen molar-refractivity contribution < 1.29 is 9.59 Å². The third-order valence-corrected chi connectivity index (χ3v) is 2.38. The summed E-state index contributed by atoms with van der Waals surface area (Å²) in [6.45, 7) is 2.35. The topological polar surface area (TPSA) is 84.2 Å². The van der Waals surface area contributed by atoms with Crippen LogP contribution in [0.25, 0.3) is 0 Å². The molecule has 0 aromatic heterocycles. The van der Waals surface area contributed by atoms with Crippen LogP contribution in [0.3, 0.4) is 0 Å². The van der Waals surface area contributed by atoms with E-state index in [1.54, 1.807) is 0 Å². The molecular weight excluding hydrogens is 182 g/mol. The average molecular weight is 199 g/mol. The largest absolute Gasteiger partial charge is 0.353 e. The minimum atomic E-state index is -0.438. The maximum absolute atomic E-state index is 11.3. The van der Waals surface area contributed by atoms with Crippen molar-refractivity contribution in [1.82, 2.24) is 10.6 Å². The maximum Gasteiger partial charge on any atom is 0.236 e. The van der Waals surface area contributed by atoms with Crippen molar-refractivity contribution in [1.29, 1.82) is 0 Å². The van der Waals surface area contributed by atoms with Crippen molar-refractivity contribution >= 4 is 11.8 Å². The van der Waals surface area contributed by atoms with Gasteiger partial charge in [-0.3, -0.25) is 9.59 Å². The van der Waals surface area contributed by atoms with Gasteiger partial charge in [-0.15, -0.1) is 0 Å². The second-order valence-corrected chi connectivity index (χ2v) is 3.56. The summed E-state index contributed by atoms with van der Waals surface area (Å²) in [5, 5.41) is 5.49. The number of amides is 2. The predicted molar refractivity (Wildman–Crippen MR) is 52.4 cm³/mol. The summed E-state index contributed by atoms with van der Waals surface area (Å²) in [6.07, 6.45) is 1.98. The van der Waals surface area contributed by atoms with E-state index < -0.39 is 6.04 Å². The fourth-order valence-electron chi connectivity index (χ4n) is 1.37. The van der Waals surface area contributed by atoms with Crippen molar-refractivity contribution in [3.8, 4) is 0 Å². The van der Waals surface area contributed by atoms with Gasteiger partial charge in [-0.05, 0) is 12.8 Å². The van der Waals surface area contributed by atoms with Crippen LogP contribution in [0.5, 0.6) is 0 Å². The van der Waals surface area contributed by atoms with Gasteiger partial charge in [0.2, 0.25) is 11.8 Å². The Morgan fingerprint density at radius 3 is 3.00 bits per heavy atom. The second kappa shape index (κ2) is 4.95. The molecule has 1 heterocycles. The molecule has 1 aliphatic rings. The van der Waals surface area contributed by atoms with Crippen LogP contribution < -0.4 is 16.4 Å². The normalized spacial score (nSPS) is 23.0. The molecule has 4 N–H and O–H groups in total. The SMILES string of the molecule is CC[C@H](N)C(=O)NCC1CCC(=O)N1. The summed E-state index contributed by atoms with van der Waals surface area (Å²) in [5.74, 6) is -0.0855. The summed E-state index contributed by atoms with van der Waals surface area (Å²) < 4.78 is 0. The van der Waals surface area contributed by atoms with Crippen molar-refractivity contribution in [2.75, 3.05) is 6.54 Å². The molecule has 0 bridgehead atoms. The highest BCUT2D eigenvalue weighted by Crippen LogP contribution is 2.04. The molecule has 2 amide bonds. The van der Waals surface area contributed by atoms with Crippen LogP contribution in [0.2, 0.25) is 0 Å². The number of carbonyl (C=O) groups excluding carboxylic acids is 2. The highest BCUT2D eigenvalue weighted by Gasteiger charge is 2.21. The molecule has 0 aromatic carbocycles. The molecule has 2 atom stereocenters. The summed E-state index contributed by atoms with van der Waals surface area (Å²) in [6, 6.07) is -0.359. The molecule has 1 aliphatic heterocycles. The third kappa shape index (κ3) is 2.99. The Morgan fingerprint density at radius 1 is 1.79 bits per heavy atom. The Morgan fingerprint density at radius 2 is 2.50 bits per heavy atom. The highest BCUT2D eigenvalue weighted by molar-refractivity contribution is 5.82. The Hall–Kier alpha value is -1.10. The smallest absolute Gasteiger partial charge is 0.236 e. The molecular formula is C9H17N3O2. The van der Waals surface area contributed by atoms with Crippen LogP contribution in [-0.2, 0) is 9.59 Å². The van der Waals surface area contributed by atoms with Crippen LogP contribution in [0.15, 0.2) is 0 Å². The predicted octanol–water partition coefficient (Wildman–Crippen LogP) is -0.881. The van der Waals surface area contributed by atoms with E-state index in [4.69, 9.17) is 5.73 Å². The van der Waals surface area contributed by atoms with E-state index in [2.05, 4.69) is 10.6 Å². The van der Waals surface area contributed by atoms with Crippen LogP contribution in [0, 0.1) is 0 Å². The summed E-state index contributed by atoms with van der Waals surface area (Å²) in [5.41, 5.74) is 5.53. The Labute approximate surface area is 83.4 Å². The van der Waals surface area contributed by atoms with Crippen molar-refractivity contribution in [3.05, 3.63) is 0 Å². The average Bonchev–Trinajstić information content (AvgIpc) is 2.59. The monoisotopic (exact) mass is 199 g/mol. The first-order chi connectivity index (χ1) is 6.63. The standard InChI is InChI=1S/C9H17N3O2/c1-2-7(10)9(14)11-5-6-3-4-8(13)12-6/h6-7H,2-5,10H2,1H3,(H,11,14)(H,12,13)/t6?,7-/m0/s1. The van der Waals surface area contributed by atoms with Gasteiger partial charge >= 0.3 is 0 Å². The summed E-state index contributed by atoms with van der Waals surface area (Å²) in [4.78, 5) is 22.1. The number of hydrogen-bond donors (Lipinski definition) is 3. The van der Waals surface area contributed by atoms with Gasteiger partial charge in [-0.2, -0.15) is 0 Å². The van der Waals surface area contributed by atoms with E-state index in [1.165, 1.54) is 0 Å². The molecule has 1 fully saturated rings. The zero-order valence-electron chi connectivity index (χ0n) is 8.38. The van der Waals surface area contributed by atoms with E-state index in [0.717, 1.165) is 6.42 Å². The summed E-state index contributed by atoms with van der Waals surface area (Å²) in [7, 11) is 0. The number of carbonyl (C=O) groups is 2. The third-order valence-electron chi connectivity index (χ3n) is 2.38. The van der Waals surface area contributed by atoms with Gasteiger partial charge in [0.05, 0.1) is 6.04 Å². The molecule has 0 radical (unpaired) electrons. The van der Waals surface area contributed by atoms with Crippen molar-refractivity contribution in [2.24, 2.45) is 5.73 Å². The molecule has 1 unspecified atom stereocenters. The highest BCUT2D eigenvalue weighted by atomic mass is 16.2. The summed E-state index contributed by atoms with van der Waals surface area (Å²) >= 11 is 0. The van der Waals surface area contributed by atoms with Crippen molar-refractivity contribution in [3.63, 3.8) is 0 Å². The van der Waals surface area contributed by atoms with Crippen LogP contribution >= 0.6 is 0 Å². The first-order valence-corrected chi connectivity index (χ1v) is 4.96. The lowest BCUT2D eigenvalue weighted by molar-refractivity contribution is -0.123. The lowest BCUT2D eigenvalue weighted by Gasteiger charge is -2.13. The molecule has 1 rings (SSSR count). The van der Waals surface area contributed by atoms with E-state index in [-0.39, 0.29) is 17.9 Å². The maximum atomic E-state index is 11.3. The van der Waals surface area contributed by atoms with Gasteiger partial charge in [-0.1, -0.05) is 6.92 Å². The second-order valence-electron chi connectivity index (χ2n) is 3.56. The number of nitrogens with one attached hydrogen (secondary N) is 2. The van der Waals surface area contributed by atoms with Gasteiger partial charge in [0.1, 0.15) is 0 Å². The molecule has 5 nitrogen and oxygen atoms in total. The number of nitrogens with two attached hydrogens (primary N) is 1. The van der Waals surface area contributed by atoms with Gasteiger partial charge in [0.25, 0.3) is 0 Å². The first-order valence-electron chi connectivity index (χ1n) is 4.96. The minimum absolute atomic E-state index is 0.0593. The van der Waals surface area contributed by atoms with Gasteiger partial charge < -0.3 is 16.4 Å². The Bertz CT molecular complexity index is 230. The fourth-order valence-corrected chi connectivity index (χ4v) is 1.37. The van der Waals surface area contributed by atoms with E-state index >= 15 is 0 Å². The van der Waals surface area contributed by atoms with Crippen molar-refractivity contribution in [2.45, 2.75) is 38.3 Å². The lowest BCUT2D eigenvalue weighted by atomic mass is 10.2. The molecule has 5 heteroatoms. The molecule has 0 aliphatic carbocycles. The lowest BCUT2D eigenvalue weighted by Crippen LogP contribution is -2.45. The van der Waals surface area contributed by atoms with Gasteiger partial charge in [0.15, 0.2) is 0 Å². The number of rotatable bonds is 4. The Kier molecular flexibility index (Phi) is 3.88. The quantitative estimate of drug-likeness (QED) is 0.549. The van der Waals surface area contributed by atoms with E-state index in [0.29, 0.717) is 19.4 Å². The van der Waals surface area contributed by atoms with Crippen LogP contribution in [-0.4, -0.2) is 30.4 Å². The van der Waals surface area contributed by atoms with Crippen LogP contribution in [0.4, 0.5) is 0 Å². The molecule has 80 valence electrons. The zero-order chi connectivity index (χ0) is 10.6. The minimum Gasteiger partial charge on any atom is -0.353 e. The zero-order valence-corrected chi connectivity index (χ0v) is 8.38. The van der Waals surface area contributed by atoms with E-state index in [1.807, 2.05) is 6.92 Å². The van der Waals surface area contributed by atoms with E-state index in [9.17, 15) is 9.59 Å². The van der Waals surface area contributed by atoms with Gasteiger partial charge in [0, 0.05) is 19.0 Å². The van der Waals surface area contributed by atoms with Crippen LogP contribution in [0.1, 0.15) is 26.2 Å². The van der Waals surface area contributed by atoms with Gasteiger partial charge in [-0.25, -0.2) is 0 Å². The molecule has 0 spiro atoms. The molecule has 0 saturated carbocycles. The Balaban J connectivity index is 2.20. The number of hydrogen-bond acceptors (Lipinski definition) is 3. The molecule has 0 aromatic rings.